The fourth-order valence-electron chi connectivity index (χ4n) is 10.6. The van der Waals surface area contributed by atoms with Crippen LogP contribution in [0.3, 0.4) is 0 Å². The molecule has 12 nitrogen and oxygen atoms in total. The lowest BCUT2D eigenvalue weighted by atomic mass is 9.98. The van der Waals surface area contributed by atoms with E-state index in [1.54, 1.807) is 14.2 Å². The minimum Gasteiger partial charge on any atom is -0.493 e. The van der Waals surface area contributed by atoms with Crippen molar-refractivity contribution in [2.75, 3.05) is 75.0 Å². The van der Waals surface area contributed by atoms with Crippen molar-refractivity contribution in [3.63, 3.8) is 0 Å². The van der Waals surface area contributed by atoms with E-state index in [0.29, 0.717) is 76.0 Å². The zero-order valence-electron chi connectivity index (χ0n) is 41.4. The minimum atomic E-state index is -0.0283. The fourth-order valence-corrected chi connectivity index (χ4v) is 10.6. The third kappa shape index (κ3) is 10.7. The van der Waals surface area contributed by atoms with Crippen molar-refractivity contribution in [2.24, 2.45) is 5.92 Å². The van der Waals surface area contributed by atoms with E-state index in [2.05, 4.69) is 47.4 Å². The Kier molecular flexibility index (Phi) is 15.5. The second-order valence-corrected chi connectivity index (χ2v) is 19.4. The van der Waals surface area contributed by atoms with E-state index in [9.17, 15) is 14.4 Å². The third-order valence-corrected chi connectivity index (χ3v) is 14.3. The molecule has 2 atom stereocenters. The van der Waals surface area contributed by atoms with Gasteiger partial charge in [0.05, 0.1) is 40.1 Å². The van der Waals surface area contributed by atoms with Crippen molar-refractivity contribution in [3.05, 3.63) is 141 Å². The van der Waals surface area contributed by atoms with Crippen LogP contribution in [0.5, 0.6) is 17.2 Å². The average Bonchev–Trinajstić information content (AvgIpc) is 3.86. The number of nitrogens with zero attached hydrogens (tertiary/aromatic N) is 3. The van der Waals surface area contributed by atoms with Crippen LogP contribution in [0.1, 0.15) is 99.2 Å². The summed E-state index contributed by atoms with van der Waals surface area (Å²) in [6.45, 7) is 10.1. The van der Waals surface area contributed by atoms with Crippen molar-refractivity contribution in [1.82, 2.24) is 0 Å². The maximum atomic E-state index is 14.2. The van der Waals surface area contributed by atoms with Gasteiger partial charge < -0.3 is 43.1 Å². The van der Waals surface area contributed by atoms with Gasteiger partial charge in [-0.15, -0.1) is 0 Å². The quantitative estimate of drug-likeness (QED) is 0.0622. The summed E-state index contributed by atoms with van der Waals surface area (Å²) in [5.74, 6) is 2.07. The molecule has 0 aliphatic carbocycles. The molecule has 0 N–H and O–H groups in total. The number of para-hydroxylation sites is 2. The van der Waals surface area contributed by atoms with Crippen LogP contribution in [-0.2, 0) is 57.9 Å². The van der Waals surface area contributed by atoms with E-state index in [-0.39, 0.29) is 48.8 Å². The maximum Gasteiger partial charge on any atom is 0.258 e. The van der Waals surface area contributed by atoms with Gasteiger partial charge in [0.2, 0.25) is 0 Å². The largest absolute Gasteiger partial charge is 0.493 e. The van der Waals surface area contributed by atoms with Crippen molar-refractivity contribution < 1.29 is 42.8 Å². The number of ether oxygens (including phenoxy) is 6. The molecule has 4 aliphatic rings. The SMILES string of the molecule is COCCOCCOCCN(CCCC(=O)C(C)C)c1cc(COc2cc3c(cc2C)C(=O)N2c4ccccc4C[C@H]2CC3)cc(COc2cc3c(cc2OC)C(=O)N2c4ccccc4C[C@H]2CC3)c1. The molecule has 9 rings (SSSR count). The first kappa shape index (κ1) is 48.8. The van der Waals surface area contributed by atoms with Gasteiger partial charge in [0.1, 0.15) is 24.7 Å². The number of Topliss-reactive ketones (excluding diaryl/α,β-unsaturated/α-hetero) is 1. The Labute approximate surface area is 412 Å². The Hall–Kier alpha value is -6.21. The van der Waals surface area contributed by atoms with Crippen LogP contribution in [0.4, 0.5) is 17.1 Å². The van der Waals surface area contributed by atoms with E-state index in [1.165, 1.54) is 11.1 Å². The van der Waals surface area contributed by atoms with E-state index >= 15 is 0 Å². The lowest BCUT2D eigenvalue weighted by Gasteiger charge is -2.26. The highest BCUT2D eigenvalue weighted by atomic mass is 16.5. The zero-order valence-corrected chi connectivity index (χ0v) is 41.4. The number of hydrogen-bond acceptors (Lipinski definition) is 10. The molecule has 70 heavy (non-hydrogen) atoms. The molecular formula is C58H67N3O9. The number of methoxy groups -OCH3 is 2. The standard InChI is InChI=1S/C58H67N3O9/c1-38(2)53(62)15-10-20-59(21-22-67-25-26-68-24-23-65-4)48-29-40(36-69-54-33-42-16-18-46-31-44-11-6-8-13-51(44)60(46)57(63)49(42)27-39(54)3)28-41(30-48)37-70-56-34-43-17-19-47-32-45-12-7-9-14-52(45)61(47)58(64)50(43)35-55(56)66-5/h6-9,11-14,27-30,33-35,38,46-47H,10,15-26,31-32,36-37H2,1-5H3/t46-,47-/m1/s1. The highest BCUT2D eigenvalue weighted by Crippen LogP contribution is 2.42. The number of ketones is 1. The fraction of sp³-hybridized carbons (Fsp3) is 0.431. The second-order valence-electron chi connectivity index (χ2n) is 19.4. The summed E-state index contributed by atoms with van der Waals surface area (Å²) >= 11 is 0. The molecular weight excluding hydrogens is 883 g/mol. The zero-order chi connectivity index (χ0) is 48.7. The summed E-state index contributed by atoms with van der Waals surface area (Å²) in [5, 5.41) is 0. The van der Waals surface area contributed by atoms with E-state index in [1.807, 2.05) is 79.1 Å². The molecule has 0 unspecified atom stereocenters. The number of carbonyl (C=O) groups excluding carboxylic acids is 3. The molecule has 0 aromatic heterocycles. The normalized spacial score (nSPS) is 16.7. The monoisotopic (exact) mass is 949 g/mol. The highest BCUT2D eigenvalue weighted by molar-refractivity contribution is 6.10. The van der Waals surface area contributed by atoms with Gasteiger partial charge >= 0.3 is 0 Å². The number of hydrogen-bond donors (Lipinski definition) is 0. The van der Waals surface area contributed by atoms with E-state index in [4.69, 9.17) is 28.4 Å². The summed E-state index contributed by atoms with van der Waals surface area (Å²) < 4.78 is 36.1. The summed E-state index contributed by atoms with van der Waals surface area (Å²) in [7, 11) is 3.26. The maximum absolute atomic E-state index is 14.2. The lowest BCUT2D eigenvalue weighted by molar-refractivity contribution is -0.121. The smallest absolute Gasteiger partial charge is 0.258 e. The number of amides is 2. The van der Waals surface area contributed by atoms with E-state index < -0.39 is 0 Å². The minimum absolute atomic E-state index is 0.00939. The highest BCUT2D eigenvalue weighted by Gasteiger charge is 2.39. The predicted molar refractivity (Wildman–Crippen MR) is 272 cm³/mol. The Morgan fingerprint density at radius 2 is 1.20 bits per heavy atom. The first-order valence-corrected chi connectivity index (χ1v) is 25.1. The number of rotatable bonds is 22. The van der Waals surface area contributed by atoms with Crippen LogP contribution in [0.15, 0.2) is 91.0 Å². The van der Waals surface area contributed by atoms with Crippen LogP contribution in [0.2, 0.25) is 0 Å². The van der Waals surface area contributed by atoms with Crippen LogP contribution in [-0.4, -0.2) is 90.0 Å². The molecule has 5 aromatic carbocycles. The molecule has 0 saturated carbocycles. The first-order valence-electron chi connectivity index (χ1n) is 25.1. The van der Waals surface area contributed by atoms with Gasteiger partial charge in [-0.05, 0) is 145 Å². The molecule has 5 aromatic rings. The molecule has 4 heterocycles. The van der Waals surface area contributed by atoms with E-state index in [0.717, 1.165) is 94.7 Å². The number of aryl methyl sites for hydroxylation is 3. The molecule has 0 radical (unpaired) electrons. The predicted octanol–water partition coefficient (Wildman–Crippen LogP) is 9.69. The van der Waals surface area contributed by atoms with Crippen LogP contribution in [0, 0.1) is 12.8 Å². The van der Waals surface area contributed by atoms with Gasteiger partial charge in [0.25, 0.3) is 11.8 Å². The Bertz CT molecular complexity index is 2700. The summed E-state index contributed by atoms with van der Waals surface area (Å²) in [6, 6.07) is 31.0. The number of fused-ring (bicyclic) bond motifs is 8. The summed E-state index contributed by atoms with van der Waals surface area (Å²) in [4.78, 5) is 47.4. The molecule has 0 saturated heterocycles. The van der Waals surface area contributed by atoms with Crippen LogP contribution >= 0.6 is 0 Å². The lowest BCUT2D eigenvalue weighted by Crippen LogP contribution is -2.36. The first-order chi connectivity index (χ1) is 34.1. The number of benzene rings is 5. The van der Waals surface area contributed by atoms with Gasteiger partial charge in [-0.2, -0.15) is 0 Å². The molecule has 0 fully saturated rings. The molecule has 4 aliphatic heterocycles. The van der Waals surface area contributed by atoms with Crippen molar-refractivity contribution in [2.45, 2.75) is 97.4 Å². The topological polar surface area (TPSA) is 116 Å². The Morgan fingerprint density at radius 3 is 1.80 bits per heavy atom. The van der Waals surface area contributed by atoms with Crippen molar-refractivity contribution >= 4 is 34.7 Å². The number of anilines is 3. The van der Waals surface area contributed by atoms with Crippen molar-refractivity contribution in [3.8, 4) is 17.2 Å². The third-order valence-electron chi connectivity index (χ3n) is 14.3. The Morgan fingerprint density at radius 1 is 0.643 bits per heavy atom. The van der Waals surface area contributed by atoms with Gasteiger partial charge in [-0.25, -0.2) is 0 Å². The summed E-state index contributed by atoms with van der Waals surface area (Å²) in [6.07, 6.45) is 6.14. The Balaban J connectivity index is 0.977. The molecule has 2 amide bonds. The van der Waals surface area contributed by atoms with Crippen LogP contribution < -0.4 is 28.9 Å². The second kappa shape index (κ2) is 22.3. The molecule has 0 spiro atoms. The summed E-state index contributed by atoms with van der Waals surface area (Å²) in [5.41, 5.74) is 11.5. The van der Waals surface area contributed by atoms with Crippen LogP contribution in [0.25, 0.3) is 0 Å². The van der Waals surface area contributed by atoms with Gasteiger partial charge in [-0.1, -0.05) is 50.2 Å². The van der Waals surface area contributed by atoms with Gasteiger partial charge in [-0.3, -0.25) is 14.4 Å². The molecule has 368 valence electrons. The van der Waals surface area contributed by atoms with Crippen molar-refractivity contribution in [1.29, 1.82) is 0 Å². The molecule has 0 bridgehead atoms. The average molecular weight is 950 g/mol. The van der Waals surface area contributed by atoms with Gasteiger partial charge in [0, 0.05) is 72.8 Å². The number of carbonyl (C=O) groups is 3. The molecule has 12 heteroatoms. The van der Waals surface area contributed by atoms with Gasteiger partial charge in [0.15, 0.2) is 11.5 Å².